The van der Waals surface area contributed by atoms with Crippen LogP contribution in [0.4, 0.5) is 11.5 Å². The van der Waals surface area contributed by atoms with Gasteiger partial charge in [0.25, 0.3) is 5.91 Å². The second-order valence-corrected chi connectivity index (χ2v) is 7.18. The molecule has 0 radical (unpaired) electrons. The lowest BCUT2D eigenvalue weighted by Gasteiger charge is -2.28. The molecule has 0 aliphatic carbocycles. The number of benzene rings is 1. The summed E-state index contributed by atoms with van der Waals surface area (Å²) in [6.07, 6.45) is 4.81. The lowest BCUT2D eigenvalue weighted by Crippen LogP contribution is -2.30. The maximum atomic E-state index is 13.3. The van der Waals surface area contributed by atoms with Gasteiger partial charge in [-0.2, -0.15) is 0 Å². The van der Waals surface area contributed by atoms with E-state index in [-0.39, 0.29) is 12.5 Å². The van der Waals surface area contributed by atoms with Crippen LogP contribution in [0.15, 0.2) is 35.0 Å². The molecule has 0 bridgehead atoms. The van der Waals surface area contributed by atoms with Gasteiger partial charge in [0.05, 0.1) is 28.8 Å². The van der Waals surface area contributed by atoms with Gasteiger partial charge < -0.3 is 19.4 Å². The number of rotatable bonds is 5. The second-order valence-electron chi connectivity index (χ2n) is 7.18. The van der Waals surface area contributed by atoms with Gasteiger partial charge in [-0.3, -0.25) is 4.79 Å². The maximum absolute atomic E-state index is 13.3. The number of furan rings is 1. The van der Waals surface area contributed by atoms with E-state index in [1.807, 2.05) is 0 Å². The van der Waals surface area contributed by atoms with Gasteiger partial charge in [-0.05, 0) is 45.2 Å². The first-order chi connectivity index (χ1) is 14.6. The van der Waals surface area contributed by atoms with Crippen molar-refractivity contribution in [3.8, 4) is 0 Å². The Morgan fingerprint density at radius 2 is 1.93 bits per heavy atom. The van der Waals surface area contributed by atoms with Crippen LogP contribution >= 0.6 is 0 Å². The Labute approximate surface area is 174 Å². The fourth-order valence-electron chi connectivity index (χ4n) is 3.81. The first kappa shape index (κ1) is 19.9. The van der Waals surface area contributed by atoms with Gasteiger partial charge in [-0.25, -0.2) is 14.8 Å². The largest absolute Gasteiger partial charge is 0.462 e. The third-order valence-corrected chi connectivity index (χ3v) is 5.20. The monoisotopic (exact) mass is 408 g/mol. The zero-order valence-corrected chi connectivity index (χ0v) is 17.1. The molecule has 156 valence electrons. The minimum atomic E-state index is -0.487. The summed E-state index contributed by atoms with van der Waals surface area (Å²) in [5.41, 5.74) is 1.44. The Morgan fingerprint density at radius 1 is 1.17 bits per heavy atom. The molecule has 1 aliphatic heterocycles. The Bertz CT molecular complexity index is 1090. The van der Waals surface area contributed by atoms with Gasteiger partial charge in [0.1, 0.15) is 17.9 Å². The number of para-hydroxylation sites is 1. The second kappa shape index (κ2) is 8.52. The summed E-state index contributed by atoms with van der Waals surface area (Å²) in [4.78, 5) is 36.4. The maximum Gasteiger partial charge on any atom is 0.340 e. The van der Waals surface area contributed by atoms with Crippen molar-refractivity contribution in [3.05, 3.63) is 47.5 Å². The quantitative estimate of drug-likeness (QED) is 0.638. The van der Waals surface area contributed by atoms with Crippen LogP contribution in [0.25, 0.3) is 11.1 Å². The zero-order chi connectivity index (χ0) is 21.1. The first-order valence-corrected chi connectivity index (χ1v) is 10.2. The average Bonchev–Trinajstić information content (AvgIpc) is 3.10. The number of piperidine rings is 1. The predicted molar refractivity (Wildman–Crippen MR) is 113 cm³/mol. The first-order valence-electron chi connectivity index (χ1n) is 10.2. The molecule has 0 spiro atoms. The number of amides is 1. The van der Waals surface area contributed by atoms with Crippen molar-refractivity contribution in [2.45, 2.75) is 33.1 Å². The van der Waals surface area contributed by atoms with Crippen LogP contribution in [0.5, 0.6) is 0 Å². The molecule has 3 aromatic rings. The van der Waals surface area contributed by atoms with Gasteiger partial charge in [0, 0.05) is 13.1 Å². The van der Waals surface area contributed by atoms with Crippen LogP contribution in [0.3, 0.4) is 0 Å². The molecular weight excluding hydrogens is 384 g/mol. The van der Waals surface area contributed by atoms with Crippen LogP contribution in [0, 0.1) is 6.92 Å². The Balaban J connectivity index is 1.73. The number of esters is 1. The standard InChI is InChI=1S/C22H24N4O4/c1-3-29-22(28)15-9-5-6-10-16(15)25-20(27)17-14(2)30-21-18(17)19(23-13-24-21)26-11-7-4-8-12-26/h5-6,9-10,13H,3-4,7-8,11-12H2,1-2H3,(H,25,27). The lowest BCUT2D eigenvalue weighted by molar-refractivity contribution is 0.0527. The van der Waals surface area contributed by atoms with Crippen molar-refractivity contribution in [1.29, 1.82) is 0 Å². The zero-order valence-electron chi connectivity index (χ0n) is 17.1. The molecule has 0 saturated carbocycles. The molecule has 8 nitrogen and oxygen atoms in total. The van der Waals surface area contributed by atoms with Crippen molar-refractivity contribution >= 4 is 34.5 Å². The molecular formula is C22H24N4O4. The topological polar surface area (TPSA) is 97.6 Å². The third-order valence-electron chi connectivity index (χ3n) is 5.20. The van der Waals surface area contributed by atoms with Gasteiger partial charge in [0.2, 0.25) is 5.71 Å². The summed E-state index contributed by atoms with van der Waals surface area (Å²) in [6, 6.07) is 6.77. The number of aryl methyl sites for hydroxylation is 1. The van der Waals surface area contributed by atoms with E-state index in [4.69, 9.17) is 9.15 Å². The van der Waals surface area contributed by atoms with Crippen molar-refractivity contribution in [2.24, 2.45) is 0 Å². The van der Waals surface area contributed by atoms with E-state index in [9.17, 15) is 9.59 Å². The third kappa shape index (κ3) is 3.72. The average molecular weight is 408 g/mol. The Kier molecular flexibility index (Phi) is 5.65. The molecule has 0 unspecified atom stereocenters. The summed E-state index contributed by atoms with van der Waals surface area (Å²) >= 11 is 0. The number of carbonyl (C=O) groups is 2. The Morgan fingerprint density at radius 3 is 2.70 bits per heavy atom. The van der Waals surface area contributed by atoms with Crippen LogP contribution in [-0.4, -0.2) is 41.5 Å². The Hall–Kier alpha value is -3.42. The van der Waals surface area contributed by atoms with Crippen molar-refractivity contribution in [1.82, 2.24) is 9.97 Å². The van der Waals surface area contributed by atoms with Crippen molar-refractivity contribution in [2.75, 3.05) is 29.9 Å². The number of ether oxygens (including phenoxy) is 1. The highest BCUT2D eigenvalue weighted by molar-refractivity contribution is 6.16. The van der Waals surface area contributed by atoms with Crippen LogP contribution in [0.2, 0.25) is 0 Å². The molecule has 0 atom stereocenters. The van der Waals surface area contributed by atoms with Crippen LogP contribution in [-0.2, 0) is 4.74 Å². The minimum Gasteiger partial charge on any atom is -0.462 e. The van der Waals surface area contributed by atoms with Gasteiger partial charge in [0.15, 0.2) is 0 Å². The molecule has 1 amide bonds. The van der Waals surface area contributed by atoms with E-state index < -0.39 is 5.97 Å². The number of fused-ring (bicyclic) bond motifs is 1. The highest BCUT2D eigenvalue weighted by Crippen LogP contribution is 2.33. The number of anilines is 2. The van der Waals surface area contributed by atoms with Gasteiger partial charge >= 0.3 is 5.97 Å². The van der Waals surface area contributed by atoms with Crippen LogP contribution < -0.4 is 10.2 Å². The van der Waals surface area contributed by atoms with E-state index in [1.54, 1.807) is 38.1 Å². The predicted octanol–water partition coefficient (Wildman–Crippen LogP) is 3.95. The molecule has 4 rings (SSSR count). The molecule has 2 aromatic heterocycles. The molecule has 1 aliphatic rings. The van der Waals surface area contributed by atoms with Crippen molar-refractivity contribution < 1.29 is 18.7 Å². The fraction of sp³-hybridized carbons (Fsp3) is 0.364. The molecule has 3 heterocycles. The number of hydrogen-bond acceptors (Lipinski definition) is 7. The highest BCUT2D eigenvalue weighted by Gasteiger charge is 2.26. The van der Waals surface area contributed by atoms with Gasteiger partial charge in [-0.15, -0.1) is 0 Å². The summed E-state index contributed by atoms with van der Waals surface area (Å²) < 4.78 is 10.9. The summed E-state index contributed by atoms with van der Waals surface area (Å²) in [7, 11) is 0. The molecule has 1 fully saturated rings. The summed E-state index contributed by atoms with van der Waals surface area (Å²) in [5.74, 6) is 0.297. The minimum absolute atomic E-state index is 0.253. The van der Waals surface area contributed by atoms with E-state index in [1.165, 1.54) is 12.7 Å². The fourth-order valence-corrected chi connectivity index (χ4v) is 3.81. The number of hydrogen-bond donors (Lipinski definition) is 1. The number of nitrogens with one attached hydrogen (secondary N) is 1. The van der Waals surface area contributed by atoms with Crippen LogP contribution in [0.1, 0.15) is 52.7 Å². The van der Waals surface area contributed by atoms with E-state index in [0.717, 1.165) is 25.9 Å². The number of carbonyl (C=O) groups excluding carboxylic acids is 2. The SMILES string of the molecule is CCOC(=O)c1ccccc1NC(=O)c1c(C)oc2ncnc(N3CCCCC3)c12. The van der Waals surface area contributed by atoms with Gasteiger partial charge in [-0.1, -0.05) is 12.1 Å². The molecule has 1 N–H and O–H groups in total. The summed E-state index contributed by atoms with van der Waals surface area (Å²) in [5, 5.41) is 3.44. The smallest absolute Gasteiger partial charge is 0.340 e. The molecule has 30 heavy (non-hydrogen) atoms. The highest BCUT2D eigenvalue weighted by atomic mass is 16.5. The lowest BCUT2D eigenvalue weighted by atomic mass is 10.1. The van der Waals surface area contributed by atoms with E-state index >= 15 is 0 Å². The molecule has 8 heteroatoms. The van der Waals surface area contributed by atoms with E-state index in [0.29, 0.717) is 39.5 Å². The number of nitrogens with zero attached hydrogens (tertiary/aromatic N) is 3. The van der Waals surface area contributed by atoms with Crippen molar-refractivity contribution in [3.63, 3.8) is 0 Å². The number of aromatic nitrogens is 2. The van der Waals surface area contributed by atoms with E-state index in [2.05, 4.69) is 20.2 Å². The summed E-state index contributed by atoms with van der Waals surface area (Å²) in [6.45, 7) is 5.48. The molecule has 1 saturated heterocycles. The molecule has 1 aromatic carbocycles. The normalized spacial score (nSPS) is 14.0.